The van der Waals surface area contributed by atoms with E-state index in [4.69, 9.17) is 32.7 Å². The highest BCUT2D eigenvalue weighted by Gasteiger charge is 2.13. The maximum Gasteiger partial charge on any atom is 0.120 e. The molecule has 4 nitrogen and oxygen atoms in total. The molecule has 9 heteroatoms. The van der Waals surface area contributed by atoms with Crippen LogP contribution in [-0.2, 0) is 13.1 Å². The average molecular weight is 771 g/mol. The summed E-state index contributed by atoms with van der Waals surface area (Å²) in [7, 11) is 0. The van der Waals surface area contributed by atoms with E-state index in [0.717, 1.165) is 33.9 Å². The Bertz CT molecular complexity index is 864. The predicted octanol–water partition coefficient (Wildman–Crippen LogP) is 7.01. The molecule has 0 aliphatic carbocycles. The first-order chi connectivity index (χ1) is 14.2. The van der Waals surface area contributed by atoms with Crippen molar-refractivity contribution in [1.82, 2.24) is 0 Å². The van der Waals surface area contributed by atoms with Crippen molar-refractivity contribution in [3.63, 3.8) is 0 Å². The first-order valence-corrected chi connectivity index (χ1v) is 17.1. The summed E-state index contributed by atoms with van der Waals surface area (Å²) in [4.78, 5) is 8.51. The lowest BCUT2D eigenvalue weighted by atomic mass is 10.1. The molecule has 0 fully saturated rings. The molecule has 0 saturated heterocycles. The molecule has 0 unspecified atom stereocenters. The third kappa shape index (κ3) is 7.97. The Morgan fingerprint density at radius 2 is 1.48 bits per heavy atom. The van der Waals surface area contributed by atoms with Crippen LogP contribution in [0.3, 0.4) is 0 Å². The highest BCUT2D eigenvalue weighted by Crippen LogP contribution is 2.26. The van der Waals surface area contributed by atoms with Crippen molar-refractivity contribution in [1.29, 1.82) is 0 Å². The van der Waals surface area contributed by atoms with Crippen LogP contribution in [0.5, 0.6) is 11.5 Å². The number of benzene rings is 2. The molecule has 0 aromatic heterocycles. The van der Waals surface area contributed by atoms with Crippen molar-refractivity contribution in [2.75, 3.05) is 25.0 Å². The molecule has 2 aromatic rings. The maximum atomic E-state index is 5.55. The van der Waals surface area contributed by atoms with Gasteiger partial charge in [-0.15, -0.1) is 23.2 Å². The zero-order valence-electron chi connectivity index (χ0n) is 15.4. The Morgan fingerprint density at radius 1 is 0.862 bits per heavy atom. The standard InChI is InChI=1S/C10H9ClINO.C10H10ClNO.I2/c11-3-4-14-8-2-1-7-6-13-10(12)9(7)5-8;11-3-4-13-10-2-1-8-6-12-7-9(8)5-10;1-2/h1-2,5H,3-4,6H2;1-2,5,7H,3-4,6H2;. The van der Waals surface area contributed by atoms with Gasteiger partial charge in [0.15, 0.2) is 0 Å². The first kappa shape index (κ1) is 25.4. The number of hydrogen-bond acceptors (Lipinski definition) is 4. The quantitative estimate of drug-likeness (QED) is 0.235. The minimum absolute atomic E-state index is 0.516. The topological polar surface area (TPSA) is 43.2 Å². The fourth-order valence-corrected chi connectivity index (χ4v) is 3.52. The summed E-state index contributed by atoms with van der Waals surface area (Å²) in [6.45, 7) is 2.69. The summed E-state index contributed by atoms with van der Waals surface area (Å²) in [6, 6.07) is 12.1. The number of halogens is 5. The summed E-state index contributed by atoms with van der Waals surface area (Å²) < 4.78 is 11.9. The van der Waals surface area contributed by atoms with Gasteiger partial charge in [-0.2, -0.15) is 0 Å². The second-order valence-electron chi connectivity index (χ2n) is 5.83. The molecule has 29 heavy (non-hydrogen) atoms. The Balaban J connectivity index is 0.000000191. The zero-order valence-corrected chi connectivity index (χ0v) is 23.4. The van der Waals surface area contributed by atoms with Crippen molar-refractivity contribution in [2.45, 2.75) is 13.1 Å². The molecule has 0 spiro atoms. The fraction of sp³-hybridized carbons (Fsp3) is 0.300. The van der Waals surface area contributed by atoms with Crippen molar-refractivity contribution in [2.24, 2.45) is 9.98 Å². The lowest BCUT2D eigenvalue weighted by molar-refractivity contribution is 0.342. The first-order valence-electron chi connectivity index (χ1n) is 8.69. The van der Waals surface area contributed by atoms with Crippen LogP contribution in [0.15, 0.2) is 46.4 Å². The molecule has 2 aliphatic rings. The van der Waals surface area contributed by atoms with E-state index < -0.39 is 0 Å². The van der Waals surface area contributed by atoms with Crippen LogP contribution in [0.2, 0.25) is 0 Å². The van der Waals surface area contributed by atoms with E-state index >= 15 is 0 Å². The SMILES string of the molecule is ClCCOc1ccc2c(c1)C(I)=NC2.ClCCOc1ccc2c(c1)C=NC2.II. The number of nitrogens with zero attached hydrogens (tertiary/aromatic N) is 2. The second-order valence-corrected chi connectivity index (χ2v) is 7.61. The van der Waals surface area contributed by atoms with Crippen molar-refractivity contribution < 1.29 is 9.47 Å². The van der Waals surface area contributed by atoms with Crippen molar-refractivity contribution in [3.05, 3.63) is 58.7 Å². The van der Waals surface area contributed by atoms with Gasteiger partial charge in [0.25, 0.3) is 0 Å². The molecule has 4 rings (SSSR count). The molecule has 2 aromatic carbocycles. The predicted molar refractivity (Wildman–Crippen MR) is 149 cm³/mol. The van der Waals surface area contributed by atoms with Crippen LogP contribution in [0.25, 0.3) is 0 Å². The highest BCUT2D eigenvalue weighted by molar-refractivity contribution is 15.0. The fourth-order valence-electron chi connectivity index (χ4n) is 2.70. The normalized spacial score (nSPS) is 12.7. The van der Waals surface area contributed by atoms with Gasteiger partial charge in [0.05, 0.1) is 24.8 Å². The highest BCUT2D eigenvalue weighted by atomic mass is 128. The molecular weight excluding hydrogens is 752 g/mol. The average Bonchev–Trinajstić information content (AvgIpc) is 3.39. The Hall–Kier alpha value is 0.150. The summed E-state index contributed by atoms with van der Waals surface area (Å²) in [5.74, 6) is 2.77. The number of rotatable bonds is 6. The lowest BCUT2D eigenvalue weighted by Gasteiger charge is -2.05. The van der Waals surface area contributed by atoms with Crippen LogP contribution in [-0.4, -0.2) is 34.9 Å². The Morgan fingerprint density at radius 3 is 2.14 bits per heavy atom. The summed E-state index contributed by atoms with van der Waals surface area (Å²) in [5.41, 5.74) is 4.88. The summed E-state index contributed by atoms with van der Waals surface area (Å²) >= 11 is 17.6. The van der Waals surface area contributed by atoms with E-state index in [1.807, 2.05) is 36.5 Å². The van der Waals surface area contributed by atoms with Gasteiger partial charge in [-0.3, -0.25) is 9.98 Å². The molecule has 2 aliphatic heterocycles. The van der Waals surface area contributed by atoms with Gasteiger partial charge >= 0.3 is 0 Å². The maximum absolute atomic E-state index is 5.55. The van der Waals surface area contributed by atoms with Crippen molar-refractivity contribution in [3.8, 4) is 11.5 Å². The van der Waals surface area contributed by atoms with E-state index in [1.165, 1.54) is 16.7 Å². The molecule has 0 atom stereocenters. The van der Waals surface area contributed by atoms with E-state index in [1.54, 1.807) is 0 Å². The third-order valence-electron chi connectivity index (χ3n) is 3.99. The number of aliphatic imine (C=N–C) groups is 2. The van der Waals surface area contributed by atoms with Gasteiger partial charge in [-0.05, 0) is 58.0 Å². The van der Waals surface area contributed by atoms with Gasteiger partial charge in [0.2, 0.25) is 0 Å². The Kier molecular flexibility index (Phi) is 12.5. The zero-order chi connectivity index (χ0) is 21.1. The number of fused-ring (bicyclic) bond motifs is 2. The number of hydrogen-bond donors (Lipinski definition) is 0. The van der Waals surface area contributed by atoms with Gasteiger partial charge in [0.1, 0.15) is 28.4 Å². The van der Waals surface area contributed by atoms with E-state index in [9.17, 15) is 0 Å². The molecule has 0 radical (unpaired) electrons. The number of alkyl halides is 2. The van der Waals surface area contributed by atoms with Gasteiger partial charge in [-0.25, -0.2) is 0 Å². The van der Waals surface area contributed by atoms with E-state index in [0.29, 0.717) is 25.0 Å². The van der Waals surface area contributed by atoms with E-state index in [2.05, 4.69) is 75.9 Å². The number of ether oxygens (including phenoxy) is 2. The van der Waals surface area contributed by atoms with Gasteiger partial charge < -0.3 is 9.47 Å². The minimum Gasteiger partial charge on any atom is -0.492 e. The minimum atomic E-state index is 0.516. The lowest BCUT2D eigenvalue weighted by Crippen LogP contribution is -1.99. The second kappa shape index (κ2) is 14.3. The van der Waals surface area contributed by atoms with Crippen LogP contribution >= 0.6 is 83.0 Å². The molecule has 0 saturated carbocycles. The molecule has 2 heterocycles. The monoisotopic (exact) mass is 770 g/mol. The Labute approximate surface area is 218 Å². The van der Waals surface area contributed by atoms with Gasteiger partial charge in [0, 0.05) is 54.6 Å². The van der Waals surface area contributed by atoms with Gasteiger partial charge in [-0.1, -0.05) is 12.1 Å². The van der Waals surface area contributed by atoms with Crippen LogP contribution < -0.4 is 9.47 Å². The summed E-state index contributed by atoms with van der Waals surface area (Å²) in [6.07, 6.45) is 1.88. The molecule has 0 amide bonds. The largest absolute Gasteiger partial charge is 0.492 e. The molecule has 0 N–H and O–H groups in total. The molecular formula is C20H19Cl2I3N2O2. The van der Waals surface area contributed by atoms with Crippen molar-refractivity contribution >= 4 is 93.0 Å². The summed E-state index contributed by atoms with van der Waals surface area (Å²) in [5, 5.41) is 0. The molecule has 0 bridgehead atoms. The van der Waals surface area contributed by atoms with Crippen LogP contribution in [0, 0.1) is 0 Å². The molecule has 156 valence electrons. The van der Waals surface area contributed by atoms with Crippen LogP contribution in [0.1, 0.15) is 22.3 Å². The van der Waals surface area contributed by atoms with E-state index in [-0.39, 0.29) is 0 Å². The smallest absolute Gasteiger partial charge is 0.120 e. The van der Waals surface area contributed by atoms with Crippen LogP contribution in [0.4, 0.5) is 0 Å². The third-order valence-corrected chi connectivity index (χ3v) is 5.22.